The lowest BCUT2D eigenvalue weighted by Gasteiger charge is -2.06. The van der Waals surface area contributed by atoms with Crippen molar-refractivity contribution in [2.75, 3.05) is 0 Å². The zero-order chi connectivity index (χ0) is 19.5. The minimum atomic E-state index is -0.202. The highest BCUT2D eigenvalue weighted by Crippen LogP contribution is 2.26. The molecule has 1 amide bonds. The molecule has 28 heavy (non-hydrogen) atoms. The van der Waals surface area contributed by atoms with E-state index in [0.717, 1.165) is 28.6 Å². The topological polar surface area (TPSA) is 68.3 Å². The van der Waals surface area contributed by atoms with E-state index in [2.05, 4.69) is 17.2 Å². The van der Waals surface area contributed by atoms with Crippen molar-refractivity contribution in [2.45, 2.75) is 20.3 Å². The number of hydrogen-bond acceptors (Lipinski definition) is 4. The quantitative estimate of drug-likeness (QED) is 0.512. The number of fused-ring (bicyclic) bond motifs is 1. The van der Waals surface area contributed by atoms with Gasteiger partial charge in [-0.15, -0.1) is 0 Å². The Labute approximate surface area is 162 Å². The van der Waals surface area contributed by atoms with Crippen LogP contribution in [-0.2, 0) is 6.42 Å². The maximum Gasteiger partial charge on any atom is 0.255 e. The van der Waals surface area contributed by atoms with Crippen LogP contribution in [0.4, 0.5) is 0 Å². The minimum Gasteiger partial charge on any atom is -0.465 e. The summed E-state index contributed by atoms with van der Waals surface area (Å²) in [5.41, 5.74) is 4.97. The van der Waals surface area contributed by atoms with E-state index in [-0.39, 0.29) is 5.91 Å². The Morgan fingerprint density at radius 2 is 2.07 bits per heavy atom. The van der Waals surface area contributed by atoms with Crippen molar-refractivity contribution >= 4 is 23.1 Å². The van der Waals surface area contributed by atoms with Gasteiger partial charge >= 0.3 is 0 Å². The fourth-order valence-corrected chi connectivity index (χ4v) is 2.98. The molecule has 5 nitrogen and oxygen atoms in total. The largest absolute Gasteiger partial charge is 0.465 e. The summed E-state index contributed by atoms with van der Waals surface area (Å²) in [4.78, 5) is 17.2. The van der Waals surface area contributed by atoms with Crippen molar-refractivity contribution in [3.05, 3.63) is 83.4 Å². The van der Waals surface area contributed by atoms with Gasteiger partial charge in [-0.2, -0.15) is 0 Å². The van der Waals surface area contributed by atoms with Crippen LogP contribution in [0.3, 0.4) is 0 Å². The highest BCUT2D eigenvalue weighted by atomic mass is 16.3. The molecule has 140 valence electrons. The second-order valence-electron chi connectivity index (χ2n) is 6.53. The highest BCUT2D eigenvalue weighted by Gasteiger charge is 2.13. The second kappa shape index (κ2) is 7.56. The summed E-state index contributed by atoms with van der Waals surface area (Å²) < 4.78 is 11.1. The number of oxazole rings is 1. The molecule has 0 atom stereocenters. The van der Waals surface area contributed by atoms with Crippen molar-refractivity contribution in [3.8, 4) is 11.5 Å². The zero-order valence-corrected chi connectivity index (χ0v) is 15.7. The molecule has 0 bridgehead atoms. The van der Waals surface area contributed by atoms with Crippen LogP contribution in [0.15, 0.2) is 69.8 Å². The molecule has 0 aliphatic carbocycles. The Bertz CT molecular complexity index is 1150. The third-order valence-electron chi connectivity index (χ3n) is 4.59. The van der Waals surface area contributed by atoms with Crippen LogP contribution in [0.25, 0.3) is 28.6 Å². The summed E-state index contributed by atoms with van der Waals surface area (Å²) in [6, 6.07) is 15.2. The standard InChI is InChI=1S/C23H20N2O3/c1-3-16-7-9-21-20(13-16)25-23(28-21)17-8-6-15(2)19(14-17)22(26)24-11-10-18-5-4-12-27-18/h4-14H,3H2,1-2H3,(H,24,26)/b11-10+. The van der Waals surface area contributed by atoms with Gasteiger partial charge in [-0.05, 0) is 66.9 Å². The summed E-state index contributed by atoms with van der Waals surface area (Å²) in [5.74, 6) is 0.971. The number of nitrogens with zero attached hydrogens (tertiary/aromatic N) is 1. The zero-order valence-electron chi connectivity index (χ0n) is 15.7. The number of hydrogen-bond donors (Lipinski definition) is 1. The number of furan rings is 1. The van der Waals surface area contributed by atoms with Crippen LogP contribution in [0.1, 0.15) is 34.2 Å². The molecule has 0 fully saturated rings. The lowest BCUT2D eigenvalue weighted by atomic mass is 10.0. The Kier molecular flexibility index (Phi) is 4.81. The number of benzene rings is 2. The molecule has 2 aromatic carbocycles. The first-order valence-corrected chi connectivity index (χ1v) is 9.15. The summed E-state index contributed by atoms with van der Waals surface area (Å²) in [6.07, 6.45) is 5.79. The number of carbonyl (C=O) groups excluding carboxylic acids is 1. The number of rotatable bonds is 5. The maximum atomic E-state index is 12.6. The molecule has 4 aromatic rings. The smallest absolute Gasteiger partial charge is 0.255 e. The molecule has 0 aliphatic heterocycles. The van der Waals surface area contributed by atoms with Gasteiger partial charge < -0.3 is 14.2 Å². The van der Waals surface area contributed by atoms with E-state index in [1.54, 1.807) is 30.7 Å². The molecule has 0 aliphatic rings. The summed E-state index contributed by atoms with van der Waals surface area (Å²) >= 11 is 0. The van der Waals surface area contributed by atoms with Crippen LogP contribution in [0.5, 0.6) is 0 Å². The van der Waals surface area contributed by atoms with E-state index in [4.69, 9.17) is 8.83 Å². The lowest BCUT2D eigenvalue weighted by molar-refractivity contribution is 0.0970. The maximum absolute atomic E-state index is 12.6. The summed E-state index contributed by atoms with van der Waals surface area (Å²) in [6.45, 7) is 4.00. The molecule has 0 saturated heterocycles. The first-order chi connectivity index (χ1) is 13.6. The lowest BCUT2D eigenvalue weighted by Crippen LogP contribution is -2.18. The van der Waals surface area contributed by atoms with Crippen molar-refractivity contribution in [3.63, 3.8) is 0 Å². The third kappa shape index (κ3) is 3.60. The normalized spacial score (nSPS) is 11.4. The van der Waals surface area contributed by atoms with Gasteiger partial charge in [0.1, 0.15) is 11.3 Å². The molecule has 0 spiro atoms. The Hall–Kier alpha value is -3.60. The number of carbonyl (C=O) groups is 1. The second-order valence-corrected chi connectivity index (χ2v) is 6.53. The van der Waals surface area contributed by atoms with Gasteiger partial charge in [0.2, 0.25) is 5.89 Å². The van der Waals surface area contributed by atoms with Gasteiger partial charge in [-0.3, -0.25) is 4.79 Å². The molecule has 0 saturated carbocycles. The van der Waals surface area contributed by atoms with Gasteiger partial charge in [0.15, 0.2) is 5.58 Å². The van der Waals surface area contributed by atoms with Crippen molar-refractivity contribution < 1.29 is 13.6 Å². The molecule has 0 radical (unpaired) electrons. The van der Waals surface area contributed by atoms with Crippen molar-refractivity contribution in [1.82, 2.24) is 10.3 Å². The molecule has 5 heteroatoms. The van der Waals surface area contributed by atoms with E-state index in [1.807, 2.05) is 43.3 Å². The van der Waals surface area contributed by atoms with Crippen LogP contribution in [0, 0.1) is 6.92 Å². The van der Waals surface area contributed by atoms with E-state index in [0.29, 0.717) is 17.2 Å². The predicted molar refractivity (Wildman–Crippen MR) is 109 cm³/mol. The van der Waals surface area contributed by atoms with E-state index < -0.39 is 0 Å². The number of aryl methyl sites for hydroxylation is 2. The average molecular weight is 372 g/mol. The van der Waals surface area contributed by atoms with E-state index in [9.17, 15) is 4.79 Å². The summed E-state index contributed by atoms with van der Waals surface area (Å²) in [5, 5.41) is 2.77. The van der Waals surface area contributed by atoms with Gasteiger partial charge in [-0.25, -0.2) is 4.98 Å². The SMILES string of the molecule is CCc1ccc2oc(-c3ccc(C)c(C(=O)N/C=C/c4ccco4)c3)nc2c1. The van der Waals surface area contributed by atoms with Crippen LogP contribution < -0.4 is 5.32 Å². The number of amides is 1. The summed E-state index contributed by atoms with van der Waals surface area (Å²) in [7, 11) is 0. The Morgan fingerprint density at radius 3 is 2.86 bits per heavy atom. The Balaban J connectivity index is 1.60. The van der Waals surface area contributed by atoms with Gasteiger partial charge in [-0.1, -0.05) is 19.1 Å². The minimum absolute atomic E-state index is 0.202. The van der Waals surface area contributed by atoms with Gasteiger partial charge in [0.25, 0.3) is 5.91 Å². The van der Waals surface area contributed by atoms with Crippen LogP contribution >= 0.6 is 0 Å². The average Bonchev–Trinajstić information content (AvgIpc) is 3.37. The van der Waals surface area contributed by atoms with Crippen molar-refractivity contribution in [2.24, 2.45) is 0 Å². The van der Waals surface area contributed by atoms with E-state index >= 15 is 0 Å². The number of nitrogens with one attached hydrogen (secondary N) is 1. The Morgan fingerprint density at radius 1 is 1.18 bits per heavy atom. The molecule has 0 unspecified atom stereocenters. The molecule has 2 aromatic heterocycles. The first-order valence-electron chi connectivity index (χ1n) is 9.15. The van der Waals surface area contributed by atoms with E-state index in [1.165, 1.54) is 5.56 Å². The molecular formula is C23H20N2O3. The fraction of sp³-hybridized carbons (Fsp3) is 0.130. The predicted octanol–water partition coefficient (Wildman–Crippen LogP) is 5.36. The van der Waals surface area contributed by atoms with Gasteiger partial charge in [0.05, 0.1) is 6.26 Å². The van der Waals surface area contributed by atoms with Crippen molar-refractivity contribution in [1.29, 1.82) is 0 Å². The van der Waals surface area contributed by atoms with Crippen LogP contribution in [-0.4, -0.2) is 10.9 Å². The van der Waals surface area contributed by atoms with Gasteiger partial charge in [0, 0.05) is 17.3 Å². The third-order valence-corrected chi connectivity index (χ3v) is 4.59. The fourth-order valence-electron chi connectivity index (χ4n) is 2.98. The molecular weight excluding hydrogens is 352 g/mol. The monoisotopic (exact) mass is 372 g/mol. The number of aromatic nitrogens is 1. The molecule has 2 heterocycles. The molecule has 1 N–H and O–H groups in total. The first kappa shape index (κ1) is 17.8. The highest BCUT2D eigenvalue weighted by molar-refractivity contribution is 5.97. The van der Waals surface area contributed by atoms with Crippen LogP contribution in [0.2, 0.25) is 0 Å². The molecule has 4 rings (SSSR count).